The Morgan fingerprint density at radius 1 is 1.32 bits per heavy atom. The Morgan fingerprint density at radius 3 is 2.64 bits per heavy atom. The monoisotopic (exact) mass is 312 g/mol. The number of nitrogens with two attached hydrogens (primary N) is 1. The summed E-state index contributed by atoms with van der Waals surface area (Å²) in [5, 5.41) is 0. The molecule has 1 heterocycles. The zero-order valence-corrected chi connectivity index (χ0v) is 11.6. The lowest BCUT2D eigenvalue weighted by atomic mass is 10.1. The molecule has 1 fully saturated rings. The summed E-state index contributed by atoms with van der Waals surface area (Å²) in [4.78, 5) is 24.4. The molecule has 0 unspecified atom stereocenters. The number of likely N-dealkylation sites (tertiary alicyclic amines) is 1. The van der Waals surface area contributed by atoms with Crippen LogP contribution in [0.5, 0.6) is 0 Å². The summed E-state index contributed by atoms with van der Waals surface area (Å²) in [6, 6.07) is 4.71. The summed E-state index contributed by atoms with van der Waals surface area (Å²) in [5.74, 6) is -1.15. The van der Waals surface area contributed by atoms with E-state index in [4.69, 9.17) is 5.73 Å². The van der Waals surface area contributed by atoms with Crippen LogP contribution >= 0.6 is 0 Å². The summed E-state index contributed by atoms with van der Waals surface area (Å²) < 4.78 is 37.8. The maximum atomic E-state index is 12.6. The van der Waals surface area contributed by atoms with Crippen molar-refractivity contribution in [2.45, 2.75) is 12.6 Å². The third kappa shape index (κ3) is 3.87. The van der Waals surface area contributed by atoms with Crippen LogP contribution in [0.1, 0.15) is 17.5 Å². The summed E-state index contributed by atoms with van der Waals surface area (Å²) >= 11 is 0. The molecule has 7 heteroatoms. The second-order valence-electron chi connectivity index (χ2n) is 5.13. The van der Waals surface area contributed by atoms with E-state index in [0.717, 1.165) is 12.1 Å². The van der Waals surface area contributed by atoms with Gasteiger partial charge in [-0.2, -0.15) is 13.2 Å². The Bertz CT molecular complexity index is 611. The van der Waals surface area contributed by atoms with Crippen LogP contribution in [0.25, 0.3) is 6.08 Å². The summed E-state index contributed by atoms with van der Waals surface area (Å²) in [7, 11) is 0. The standard InChI is InChI=1S/C15H15F3N2O2/c16-15(17,18)12-3-1-2-10(8-12)4-5-13(21)20-7-6-11(9-20)14(19)22/h1-5,8,11H,6-7,9H2,(H2,19,22)/b5-4+/t11-/m0/s1. The summed E-state index contributed by atoms with van der Waals surface area (Å²) in [5.41, 5.74) is 4.70. The third-order valence-electron chi connectivity index (χ3n) is 3.53. The Kier molecular flexibility index (Phi) is 4.54. The van der Waals surface area contributed by atoms with Crippen molar-refractivity contribution in [3.05, 3.63) is 41.5 Å². The van der Waals surface area contributed by atoms with Crippen molar-refractivity contribution in [1.82, 2.24) is 4.90 Å². The Morgan fingerprint density at radius 2 is 2.05 bits per heavy atom. The maximum Gasteiger partial charge on any atom is 0.416 e. The third-order valence-corrected chi connectivity index (χ3v) is 3.53. The highest BCUT2D eigenvalue weighted by atomic mass is 19.4. The molecule has 0 saturated carbocycles. The van der Waals surface area contributed by atoms with Crippen molar-refractivity contribution in [3.63, 3.8) is 0 Å². The van der Waals surface area contributed by atoms with Crippen molar-refractivity contribution in [2.75, 3.05) is 13.1 Å². The van der Waals surface area contributed by atoms with Gasteiger partial charge in [0.15, 0.2) is 0 Å². The fourth-order valence-corrected chi connectivity index (χ4v) is 2.28. The van der Waals surface area contributed by atoms with E-state index in [9.17, 15) is 22.8 Å². The number of carbonyl (C=O) groups excluding carboxylic acids is 2. The molecule has 1 saturated heterocycles. The first kappa shape index (κ1) is 16.1. The molecule has 0 aromatic heterocycles. The first-order chi connectivity index (χ1) is 10.3. The minimum absolute atomic E-state index is 0.251. The zero-order chi connectivity index (χ0) is 16.3. The Hall–Kier alpha value is -2.31. The first-order valence-electron chi connectivity index (χ1n) is 6.71. The number of primary amides is 1. The van der Waals surface area contributed by atoms with Crippen molar-refractivity contribution in [1.29, 1.82) is 0 Å². The molecule has 0 aliphatic carbocycles. The van der Waals surface area contributed by atoms with Gasteiger partial charge in [-0.25, -0.2) is 0 Å². The number of hydrogen-bond acceptors (Lipinski definition) is 2. The molecular weight excluding hydrogens is 297 g/mol. The molecule has 1 atom stereocenters. The lowest BCUT2D eigenvalue weighted by Crippen LogP contribution is -2.30. The van der Waals surface area contributed by atoms with Gasteiger partial charge in [-0.15, -0.1) is 0 Å². The number of amides is 2. The molecule has 22 heavy (non-hydrogen) atoms. The van der Waals surface area contributed by atoms with Crippen molar-refractivity contribution >= 4 is 17.9 Å². The molecule has 2 amide bonds. The highest BCUT2D eigenvalue weighted by Gasteiger charge is 2.30. The number of halogens is 3. The molecule has 0 spiro atoms. The van der Waals surface area contributed by atoms with Crippen molar-refractivity contribution in [3.8, 4) is 0 Å². The number of alkyl halides is 3. The van der Waals surface area contributed by atoms with Crippen molar-refractivity contribution in [2.24, 2.45) is 11.7 Å². The molecule has 1 aromatic carbocycles. The van der Waals surface area contributed by atoms with Crippen LogP contribution in [0.2, 0.25) is 0 Å². The Labute approximate surface area is 125 Å². The summed E-state index contributed by atoms with van der Waals surface area (Å²) in [6.07, 6.45) is -1.37. The van der Waals surface area contributed by atoms with E-state index >= 15 is 0 Å². The van der Waals surface area contributed by atoms with Gasteiger partial charge in [0.1, 0.15) is 0 Å². The minimum Gasteiger partial charge on any atom is -0.369 e. The van der Waals surface area contributed by atoms with Gasteiger partial charge in [-0.1, -0.05) is 12.1 Å². The zero-order valence-electron chi connectivity index (χ0n) is 11.6. The van der Waals surface area contributed by atoms with Crippen LogP contribution in [0.4, 0.5) is 13.2 Å². The number of hydrogen-bond donors (Lipinski definition) is 1. The number of rotatable bonds is 3. The molecule has 0 bridgehead atoms. The van der Waals surface area contributed by atoms with Crippen LogP contribution in [-0.4, -0.2) is 29.8 Å². The Balaban J connectivity index is 2.03. The van der Waals surface area contributed by atoms with Crippen LogP contribution < -0.4 is 5.73 Å². The van der Waals surface area contributed by atoms with E-state index < -0.39 is 17.6 Å². The molecule has 2 rings (SSSR count). The molecule has 1 aromatic rings. The first-order valence-corrected chi connectivity index (χ1v) is 6.71. The smallest absolute Gasteiger partial charge is 0.369 e. The van der Waals surface area contributed by atoms with E-state index in [1.165, 1.54) is 29.2 Å². The van der Waals surface area contributed by atoms with Gasteiger partial charge in [0.25, 0.3) is 0 Å². The van der Waals surface area contributed by atoms with E-state index in [1.54, 1.807) is 0 Å². The fraction of sp³-hybridized carbons (Fsp3) is 0.333. The average Bonchev–Trinajstić information content (AvgIpc) is 2.94. The van der Waals surface area contributed by atoms with Crippen LogP contribution in [0, 0.1) is 5.92 Å². The van der Waals surface area contributed by atoms with Gasteiger partial charge in [0.05, 0.1) is 11.5 Å². The predicted molar refractivity (Wildman–Crippen MR) is 74.4 cm³/mol. The lowest BCUT2D eigenvalue weighted by Gasteiger charge is -2.13. The van der Waals surface area contributed by atoms with Gasteiger partial charge in [0, 0.05) is 19.2 Å². The largest absolute Gasteiger partial charge is 0.416 e. The predicted octanol–water partition coefficient (Wildman–Crippen LogP) is 2.05. The van der Waals surface area contributed by atoms with Gasteiger partial charge >= 0.3 is 6.18 Å². The molecular formula is C15H15F3N2O2. The molecule has 1 aliphatic rings. The number of benzene rings is 1. The normalized spacial score (nSPS) is 18.9. The highest BCUT2D eigenvalue weighted by Crippen LogP contribution is 2.29. The quantitative estimate of drug-likeness (QED) is 0.868. The molecule has 118 valence electrons. The van der Waals surface area contributed by atoms with E-state index in [1.807, 2.05) is 0 Å². The molecule has 0 radical (unpaired) electrons. The molecule has 1 aliphatic heterocycles. The topological polar surface area (TPSA) is 63.4 Å². The maximum absolute atomic E-state index is 12.6. The SMILES string of the molecule is NC(=O)[C@H]1CCN(C(=O)/C=C/c2cccc(C(F)(F)F)c2)C1. The minimum atomic E-state index is -4.42. The molecule has 2 N–H and O–H groups in total. The second kappa shape index (κ2) is 6.21. The van der Waals surface area contributed by atoms with Crippen LogP contribution in [-0.2, 0) is 15.8 Å². The van der Waals surface area contributed by atoms with E-state index in [2.05, 4.69) is 0 Å². The van der Waals surface area contributed by atoms with Gasteiger partial charge in [-0.3, -0.25) is 9.59 Å². The van der Waals surface area contributed by atoms with Crippen LogP contribution in [0.15, 0.2) is 30.3 Å². The van der Waals surface area contributed by atoms with E-state index in [0.29, 0.717) is 13.0 Å². The van der Waals surface area contributed by atoms with E-state index in [-0.39, 0.29) is 23.9 Å². The highest BCUT2D eigenvalue weighted by molar-refractivity contribution is 5.92. The number of nitrogens with zero attached hydrogens (tertiary/aromatic N) is 1. The number of carbonyl (C=O) groups is 2. The molecule has 4 nitrogen and oxygen atoms in total. The summed E-state index contributed by atoms with van der Waals surface area (Å²) in [6.45, 7) is 0.667. The van der Waals surface area contributed by atoms with Crippen molar-refractivity contribution < 1.29 is 22.8 Å². The van der Waals surface area contributed by atoms with Gasteiger partial charge in [0.2, 0.25) is 11.8 Å². The van der Waals surface area contributed by atoms with Gasteiger partial charge < -0.3 is 10.6 Å². The fourth-order valence-electron chi connectivity index (χ4n) is 2.28. The van der Waals surface area contributed by atoms with Gasteiger partial charge in [-0.05, 0) is 30.2 Å². The average molecular weight is 312 g/mol. The lowest BCUT2D eigenvalue weighted by molar-refractivity contribution is -0.137. The second-order valence-corrected chi connectivity index (χ2v) is 5.13. The van der Waals surface area contributed by atoms with Crippen LogP contribution in [0.3, 0.4) is 0 Å².